The van der Waals surface area contributed by atoms with Gasteiger partial charge in [0.2, 0.25) is 0 Å². The van der Waals surface area contributed by atoms with Crippen LogP contribution in [0.4, 0.5) is 0 Å². The molecule has 0 heterocycles. The Labute approximate surface area is 282 Å². The first-order valence-electron chi connectivity index (χ1n) is 16.5. The summed E-state index contributed by atoms with van der Waals surface area (Å²) in [7, 11) is 0. The predicted octanol–water partition coefficient (Wildman–Crippen LogP) is 12.4. The SMILES string of the molecule is C/C=C\C.C=C/C=C(\C=C(/C)c1ccccc1C/C=C/c1ccc(C2=CC=CCC#C2)c(C)c1)c1ccc2c(c1)Cc1ccccc1-2. The normalized spacial score (nSPS) is 13.7. The van der Waals surface area contributed by atoms with Crippen LogP contribution >= 0.6 is 0 Å². The van der Waals surface area contributed by atoms with Crippen molar-refractivity contribution in [2.24, 2.45) is 0 Å². The quantitative estimate of drug-likeness (QED) is 0.0934. The van der Waals surface area contributed by atoms with Crippen LogP contribution in [0.25, 0.3) is 33.9 Å². The molecule has 4 aromatic rings. The van der Waals surface area contributed by atoms with Crippen molar-refractivity contribution in [3.8, 4) is 23.0 Å². The highest BCUT2D eigenvalue weighted by atomic mass is 14.2. The van der Waals surface area contributed by atoms with E-state index in [0.717, 1.165) is 24.8 Å². The third-order valence-corrected chi connectivity index (χ3v) is 8.60. The van der Waals surface area contributed by atoms with Crippen LogP contribution in [0.3, 0.4) is 0 Å². The molecule has 2 aliphatic carbocycles. The number of fused-ring (bicyclic) bond motifs is 3. The maximum atomic E-state index is 4.01. The van der Waals surface area contributed by atoms with Gasteiger partial charge in [0.1, 0.15) is 0 Å². The zero-order valence-electron chi connectivity index (χ0n) is 28.2. The highest BCUT2D eigenvalue weighted by Crippen LogP contribution is 2.38. The first-order chi connectivity index (χ1) is 23.0. The Morgan fingerprint density at radius 2 is 1.62 bits per heavy atom. The van der Waals surface area contributed by atoms with E-state index in [1.807, 2.05) is 32.1 Å². The van der Waals surface area contributed by atoms with E-state index in [2.05, 4.69) is 160 Å². The van der Waals surface area contributed by atoms with Crippen LogP contribution in [0.2, 0.25) is 0 Å². The fraction of sp³-hybridized carbons (Fsp3) is 0.149. The monoisotopic (exact) mass is 608 g/mol. The lowest BCUT2D eigenvalue weighted by molar-refractivity contribution is 1.25. The van der Waals surface area contributed by atoms with Crippen molar-refractivity contribution in [3.63, 3.8) is 0 Å². The van der Waals surface area contributed by atoms with Crippen LogP contribution in [0.5, 0.6) is 0 Å². The molecule has 0 nitrogen and oxygen atoms in total. The first-order valence-corrected chi connectivity index (χ1v) is 16.5. The minimum atomic E-state index is 0.811. The molecular weight excluding hydrogens is 565 g/mol. The standard InChI is InChI=1S/C43H36.C4H8/c1-4-14-36(37-24-26-43-39(29-37)30-38-19-10-12-22-42(38)43)28-32(3)40-21-11-9-18-35(40)20-13-15-33-23-25-41(31(2)27-33)34-16-7-5-6-8-17-34;1-3-4-2/h4-5,7,9-16,18-19,21-29H,1,6,20,30H2,2-3H3;3-4H,1-2H3/b15-13+,32-28+,36-14+;4-3-. The first kappa shape index (κ1) is 33.0. The average Bonchev–Trinajstić information content (AvgIpc) is 3.25. The summed E-state index contributed by atoms with van der Waals surface area (Å²) in [5.41, 5.74) is 16.5. The van der Waals surface area contributed by atoms with Gasteiger partial charge in [-0.1, -0.05) is 158 Å². The predicted molar refractivity (Wildman–Crippen MR) is 207 cm³/mol. The van der Waals surface area contributed by atoms with E-state index in [1.165, 1.54) is 66.8 Å². The molecule has 0 bridgehead atoms. The van der Waals surface area contributed by atoms with Gasteiger partial charge in [0.15, 0.2) is 0 Å². The Bertz CT molecular complexity index is 2000. The van der Waals surface area contributed by atoms with Crippen molar-refractivity contribution in [1.82, 2.24) is 0 Å². The van der Waals surface area contributed by atoms with Crippen molar-refractivity contribution in [2.45, 2.75) is 47.0 Å². The second-order valence-electron chi connectivity index (χ2n) is 11.9. The Hall–Kier alpha value is -5.38. The summed E-state index contributed by atoms with van der Waals surface area (Å²) >= 11 is 0. The maximum absolute atomic E-state index is 4.01. The van der Waals surface area contributed by atoms with E-state index in [9.17, 15) is 0 Å². The molecule has 0 atom stereocenters. The summed E-state index contributed by atoms with van der Waals surface area (Å²) in [5, 5.41) is 0. The lowest BCUT2D eigenvalue weighted by Gasteiger charge is -2.11. The van der Waals surface area contributed by atoms with Crippen LogP contribution in [-0.4, -0.2) is 0 Å². The van der Waals surface area contributed by atoms with Crippen LogP contribution in [-0.2, 0) is 12.8 Å². The van der Waals surface area contributed by atoms with Gasteiger partial charge in [0, 0.05) is 12.0 Å². The number of hydrogen-bond donors (Lipinski definition) is 0. The second-order valence-corrected chi connectivity index (χ2v) is 11.9. The molecule has 0 unspecified atom stereocenters. The van der Waals surface area contributed by atoms with E-state index < -0.39 is 0 Å². The summed E-state index contributed by atoms with van der Waals surface area (Å²) in [6.45, 7) is 12.4. The third kappa shape index (κ3) is 8.26. The molecular formula is C47H44. The highest BCUT2D eigenvalue weighted by Gasteiger charge is 2.18. The summed E-state index contributed by atoms with van der Waals surface area (Å²) < 4.78 is 0. The minimum absolute atomic E-state index is 0.811. The molecule has 0 radical (unpaired) electrons. The molecule has 0 aliphatic heterocycles. The number of allylic oxidation sites excluding steroid dienone is 12. The molecule has 0 N–H and O–H groups in total. The number of benzene rings is 4. The van der Waals surface area contributed by atoms with Crippen LogP contribution in [0.1, 0.15) is 71.7 Å². The van der Waals surface area contributed by atoms with Gasteiger partial charge in [-0.2, -0.15) is 0 Å². The van der Waals surface area contributed by atoms with Crippen molar-refractivity contribution in [3.05, 3.63) is 191 Å². The van der Waals surface area contributed by atoms with Gasteiger partial charge >= 0.3 is 0 Å². The Kier molecular flexibility index (Phi) is 11.4. The molecule has 47 heavy (non-hydrogen) atoms. The summed E-state index contributed by atoms with van der Waals surface area (Å²) in [5.74, 6) is 6.52. The summed E-state index contributed by atoms with van der Waals surface area (Å²) in [6, 6.07) is 31.0. The molecule has 4 aromatic carbocycles. The fourth-order valence-corrected chi connectivity index (χ4v) is 6.12. The zero-order valence-corrected chi connectivity index (χ0v) is 28.2. The molecule has 0 saturated carbocycles. The molecule has 232 valence electrons. The van der Waals surface area contributed by atoms with E-state index in [1.54, 1.807) is 0 Å². The van der Waals surface area contributed by atoms with E-state index in [4.69, 9.17) is 0 Å². The van der Waals surface area contributed by atoms with Gasteiger partial charge in [0.25, 0.3) is 0 Å². The summed E-state index contributed by atoms with van der Waals surface area (Å²) in [4.78, 5) is 0. The van der Waals surface area contributed by atoms with Crippen LogP contribution in [0.15, 0.2) is 146 Å². The van der Waals surface area contributed by atoms with Gasteiger partial charge in [-0.3, -0.25) is 0 Å². The van der Waals surface area contributed by atoms with Gasteiger partial charge in [-0.25, -0.2) is 0 Å². The molecule has 0 heteroatoms. The molecule has 0 saturated heterocycles. The maximum Gasteiger partial charge on any atom is 0.0320 e. The van der Waals surface area contributed by atoms with Gasteiger partial charge in [0.05, 0.1) is 0 Å². The van der Waals surface area contributed by atoms with Crippen molar-refractivity contribution in [2.75, 3.05) is 0 Å². The second kappa shape index (κ2) is 16.3. The Balaban J connectivity index is 0.00000103. The van der Waals surface area contributed by atoms with E-state index in [0.29, 0.717) is 0 Å². The third-order valence-electron chi connectivity index (χ3n) is 8.60. The van der Waals surface area contributed by atoms with E-state index in [-0.39, 0.29) is 0 Å². The molecule has 6 rings (SSSR count). The average molecular weight is 609 g/mol. The molecule has 0 amide bonds. The number of hydrogen-bond acceptors (Lipinski definition) is 0. The van der Waals surface area contributed by atoms with Gasteiger partial charge in [-0.05, 0) is 113 Å². The lowest BCUT2D eigenvalue weighted by Crippen LogP contribution is -1.92. The van der Waals surface area contributed by atoms with Gasteiger partial charge < -0.3 is 0 Å². The molecule has 0 spiro atoms. The number of rotatable bonds is 8. The molecule has 2 aliphatic rings. The Morgan fingerprint density at radius 1 is 0.851 bits per heavy atom. The minimum Gasteiger partial charge on any atom is -0.0990 e. The summed E-state index contributed by atoms with van der Waals surface area (Å²) in [6.07, 6.45) is 23.8. The molecule has 0 aromatic heterocycles. The van der Waals surface area contributed by atoms with Crippen LogP contribution < -0.4 is 0 Å². The largest absolute Gasteiger partial charge is 0.0990 e. The van der Waals surface area contributed by atoms with Crippen molar-refractivity contribution >= 4 is 22.8 Å². The van der Waals surface area contributed by atoms with Crippen molar-refractivity contribution < 1.29 is 0 Å². The number of aryl methyl sites for hydroxylation is 1. The lowest BCUT2D eigenvalue weighted by atomic mass is 9.93. The highest BCUT2D eigenvalue weighted by molar-refractivity contribution is 5.87. The Morgan fingerprint density at radius 3 is 2.43 bits per heavy atom. The topological polar surface area (TPSA) is 0 Å². The smallest absolute Gasteiger partial charge is 0.0320 e. The van der Waals surface area contributed by atoms with E-state index >= 15 is 0 Å². The fourth-order valence-electron chi connectivity index (χ4n) is 6.12. The van der Waals surface area contributed by atoms with Crippen LogP contribution in [0, 0.1) is 18.8 Å². The van der Waals surface area contributed by atoms with Crippen molar-refractivity contribution in [1.29, 1.82) is 0 Å². The molecule has 0 fully saturated rings. The van der Waals surface area contributed by atoms with Gasteiger partial charge in [-0.15, -0.1) is 0 Å². The zero-order chi connectivity index (χ0) is 33.0.